The van der Waals surface area contributed by atoms with Crippen LogP contribution in [0.5, 0.6) is 0 Å². The second kappa shape index (κ2) is 14.2. The quantitative estimate of drug-likeness (QED) is 0.476. The number of amides is 2. The van der Waals surface area contributed by atoms with Crippen molar-refractivity contribution in [1.82, 2.24) is 9.80 Å². The molecule has 1 aromatic carbocycles. The molecule has 0 unspecified atom stereocenters. The molecule has 0 atom stereocenters. The van der Waals surface area contributed by atoms with E-state index in [1.165, 1.54) is 69.8 Å². The number of benzene rings is 1. The molecule has 5 heteroatoms. The third kappa shape index (κ3) is 7.81. The standard InChI is InChI=1S/C31H49N3O2/c1-26(35)34-22-12-5-3-2-4-11-21-33(25-28-15-9-10-16-30(28)34)29-19-23-32(24-20-29)31(36)18-17-27-13-7-6-8-14-27/h9-10,15-16,27,29H,2-8,11-14,17-25H2,1H3. The molecule has 36 heavy (non-hydrogen) atoms. The van der Waals surface area contributed by atoms with E-state index in [1.807, 2.05) is 4.90 Å². The van der Waals surface area contributed by atoms with Crippen molar-refractivity contribution in [2.45, 2.75) is 116 Å². The molecule has 1 aromatic rings. The molecule has 0 spiro atoms. The highest BCUT2D eigenvalue weighted by molar-refractivity contribution is 5.92. The first-order chi connectivity index (χ1) is 17.6. The van der Waals surface area contributed by atoms with Crippen LogP contribution in [0, 0.1) is 5.92 Å². The van der Waals surface area contributed by atoms with Gasteiger partial charge in [0.2, 0.25) is 11.8 Å². The number of fused-ring (bicyclic) bond motifs is 1. The highest BCUT2D eigenvalue weighted by atomic mass is 16.2. The van der Waals surface area contributed by atoms with E-state index in [-0.39, 0.29) is 5.91 Å². The Hall–Kier alpha value is -1.88. The summed E-state index contributed by atoms with van der Waals surface area (Å²) >= 11 is 0. The van der Waals surface area contributed by atoms with Crippen LogP contribution in [-0.4, -0.2) is 53.8 Å². The van der Waals surface area contributed by atoms with Gasteiger partial charge in [-0.1, -0.05) is 76.0 Å². The monoisotopic (exact) mass is 495 g/mol. The Balaban J connectivity index is 1.38. The summed E-state index contributed by atoms with van der Waals surface area (Å²) in [6, 6.07) is 9.02. The Morgan fingerprint density at radius 3 is 2.14 bits per heavy atom. The average Bonchev–Trinajstić information content (AvgIpc) is 2.92. The zero-order chi connectivity index (χ0) is 25.2. The molecule has 2 aliphatic heterocycles. The second-order valence-corrected chi connectivity index (χ2v) is 11.5. The number of hydrogen-bond acceptors (Lipinski definition) is 3. The van der Waals surface area contributed by atoms with Crippen molar-refractivity contribution in [2.24, 2.45) is 5.92 Å². The molecule has 2 heterocycles. The summed E-state index contributed by atoms with van der Waals surface area (Å²) in [6.07, 6.45) is 18.0. The number of hydrogen-bond donors (Lipinski definition) is 0. The third-order valence-corrected chi connectivity index (χ3v) is 8.94. The van der Waals surface area contributed by atoms with Crippen LogP contribution in [0.3, 0.4) is 0 Å². The van der Waals surface area contributed by atoms with E-state index >= 15 is 0 Å². The fraction of sp³-hybridized carbons (Fsp3) is 0.742. The highest BCUT2D eigenvalue weighted by Crippen LogP contribution is 2.29. The maximum Gasteiger partial charge on any atom is 0.223 e. The number of nitrogens with zero attached hydrogens (tertiary/aromatic N) is 3. The Morgan fingerprint density at radius 2 is 1.42 bits per heavy atom. The van der Waals surface area contributed by atoms with Crippen molar-refractivity contribution >= 4 is 17.5 Å². The zero-order valence-corrected chi connectivity index (χ0v) is 22.8. The molecule has 5 nitrogen and oxygen atoms in total. The summed E-state index contributed by atoms with van der Waals surface area (Å²) in [5, 5.41) is 0. The molecular formula is C31H49N3O2. The molecule has 0 bridgehead atoms. The summed E-state index contributed by atoms with van der Waals surface area (Å²) in [6.45, 7) is 6.30. The lowest BCUT2D eigenvalue weighted by atomic mass is 9.86. The van der Waals surface area contributed by atoms with Gasteiger partial charge in [-0.2, -0.15) is 0 Å². The van der Waals surface area contributed by atoms with Gasteiger partial charge in [-0.25, -0.2) is 0 Å². The molecular weight excluding hydrogens is 446 g/mol. The average molecular weight is 496 g/mol. The summed E-state index contributed by atoms with van der Waals surface area (Å²) in [5.74, 6) is 1.30. The van der Waals surface area contributed by atoms with E-state index in [4.69, 9.17) is 0 Å². The van der Waals surface area contributed by atoms with Crippen LogP contribution < -0.4 is 4.90 Å². The normalized spacial score (nSPS) is 22.2. The second-order valence-electron chi connectivity index (χ2n) is 11.5. The number of carbonyl (C=O) groups is 2. The Labute approximate surface area is 219 Å². The van der Waals surface area contributed by atoms with Crippen molar-refractivity contribution in [3.05, 3.63) is 29.8 Å². The van der Waals surface area contributed by atoms with Gasteiger partial charge in [0, 0.05) is 51.3 Å². The van der Waals surface area contributed by atoms with Crippen molar-refractivity contribution in [3.63, 3.8) is 0 Å². The number of likely N-dealkylation sites (tertiary alicyclic amines) is 1. The molecule has 3 aliphatic rings. The van der Waals surface area contributed by atoms with Gasteiger partial charge in [0.1, 0.15) is 0 Å². The number of rotatable bonds is 4. The van der Waals surface area contributed by atoms with Crippen molar-refractivity contribution in [1.29, 1.82) is 0 Å². The molecule has 2 fully saturated rings. The Morgan fingerprint density at radius 1 is 0.778 bits per heavy atom. The van der Waals surface area contributed by atoms with Crippen LogP contribution in [0.25, 0.3) is 0 Å². The fourth-order valence-corrected chi connectivity index (χ4v) is 6.70. The minimum absolute atomic E-state index is 0.143. The predicted molar refractivity (Wildman–Crippen MR) is 148 cm³/mol. The van der Waals surface area contributed by atoms with Crippen molar-refractivity contribution < 1.29 is 9.59 Å². The smallest absolute Gasteiger partial charge is 0.223 e. The molecule has 1 aliphatic carbocycles. The lowest BCUT2D eigenvalue weighted by molar-refractivity contribution is -0.133. The number of anilines is 1. The van der Waals surface area contributed by atoms with E-state index in [0.29, 0.717) is 11.9 Å². The van der Waals surface area contributed by atoms with Crippen LogP contribution in [-0.2, 0) is 16.1 Å². The van der Waals surface area contributed by atoms with Crippen LogP contribution >= 0.6 is 0 Å². The molecule has 1 saturated carbocycles. The first-order valence-electron chi connectivity index (χ1n) is 15.0. The molecule has 0 aromatic heterocycles. The van der Waals surface area contributed by atoms with Gasteiger partial charge in [-0.15, -0.1) is 0 Å². The van der Waals surface area contributed by atoms with E-state index in [9.17, 15) is 9.59 Å². The Bertz CT molecular complexity index is 827. The first-order valence-corrected chi connectivity index (χ1v) is 15.0. The lowest BCUT2D eigenvalue weighted by Gasteiger charge is -2.39. The SMILES string of the molecule is CC(=O)N1CCCCCCCCN(C2CCN(C(=O)CCC3CCCCC3)CC2)Cc2ccccc21. The Kier molecular flexibility index (Phi) is 10.7. The van der Waals surface area contributed by atoms with Gasteiger partial charge in [-0.05, 0) is 56.2 Å². The summed E-state index contributed by atoms with van der Waals surface area (Å²) in [5.41, 5.74) is 2.35. The van der Waals surface area contributed by atoms with Gasteiger partial charge in [0.25, 0.3) is 0 Å². The van der Waals surface area contributed by atoms with Gasteiger partial charge < -0.3 is 9.80 Å². The zero-order valence-electron chi connectivity index (χ0n) is 22.8. The minimum Gasteiger partial charge on any atom is -0.343 e. The van der Waals surface area contributed by atoms with Crippen LogP contribution in [0.15, 0.2) is 24.3 Å². The molecule has 2 amide bonds. The van der Waals surface area contributed by atoms with Gasteiger partial charge in [-0.3, -0.25) is 14.5 Å². The van der Waals surface area contributed by atoms with Crippen molar-refractivity contribution in [3.8, 4) is 0 Å². The number of piperidine rings is 1. The van der Waals surface area contributed by atoms with Gasteiger partial charge in [0.15, 0.2) is 0 Å². The summed E-state index contributed by atoms with van der Waals surface area (Å²) < 4.78 is 0. The summed E-state index contributed by atoms with van der Waals surface area (Å²) in [4.78, 5) is 32.3. The maximum absolute atomic E-state index is 12.9. The first kappa shape index (κ1) is 27.2. The van der Waals surface area contributed by atoms with E-state index in [0.717, 1.165) is 76.4 Å². The minimum atomic E-state index is 0.143. The highest BCUT2D eigenvalue weighted by Gasteiger charge is 2.28. The molecule has 0 N–H and O–H groups in total. The van der Waals surface area contributed by atoms with Crippen LogP contribution in [0.1, 0.15) is 109 Å². The van der Waals surface area contributed by atoms with Gasteiger partial charge in [0.05, 0.1) is 0 Å². The molecule has 4 rings (SSSR count). The largest absolute Gasteiger partial charge is 0.343 e. The van der Waals surface area contributed by atoms with Crippen LogP contribution in [0.4, 0.5) is 5.69 Å². The van der Waals surface area contributed by atoms with Gasteiger partial charge >= 0.3 is 0 Å². The predicted octanol–water partition coefficient (Wildman–Crippen LogP) is 6.55. The van der Waals surface area contributed by atoms with E-state index in [2.05, 4.69) is 34.1 Å². The van der Waals surface area contributed by atoms with Crippen molar-refractivity contribution in [2.75, 3.05) is 31.1 Å². The van der Waals surface area contributed by atoms with E-state index in [1.54, 1.807) is 6.92 Å². The molecule has 1 saturated heterocycles. The maximum atomic E-state index is 12.9. The molecule has 200 valence electrons. The fourth-order valence-electron chi connectivity index (χ4n) is 6.70. The number of para-hydroxylation sites is 1. The van der Waals surface area contributed by atoms with Crippen LogP contribution in [0.2, 0.25) is 0 Å². The number of carbonyl (C=O) groups excluding carboxylic acids is 2. The van der Waals surface area contributed by atoms with E-state index < -0.39 is 0 Å². The topological polar surface area (TPSA) is 43.9 Å². The summed E-state index contributed by atoms with van der Waals surface area (Å²) in [7, 11) is 0. The molecule has 0 radical (unpaired) electrons. The lowest BCUT2D eigenvalue weighted by Crippen LogP contribution is -2.47. The third-order valence-electron chi connectivity index (χ3n) is 8.94.